The molecule has 3 amide bonds. The Morgan fingerprint density at radius 2 is 1.75 bits per heavy atom. The molecule has 3 heterocycles. The minimum atomic E-state index is -0.232. The summed E-state index contributed by atoms with van der Waals surface area (Å²) in [4.78, 5) is 40.8. The highest BCUT2D eigenvalue weighted by molar-refractivity contribution is 6.07. The Labute approximate surface area is 206 Å². The number of rotatable bonds is 5. The third kappa shape index (κ3) is 3.90. The fourth-order valence-corrected chi connectivity index (χ4v) is 4.28. The molecule has 0 saturated carbocycles. The monoisotopic (exact) mass is 484 g/mol. The standard InChI is InChI=1S/C25H24N8O3/c1-16-21(17-7-9-19(10-8-17)33-15-28-30(3)24(33)35)14-27-29-22(16)32-12-11-31(25(32)36)20-6-4-5-18(13-20)23(34)26-2/h4-10,13-15H,11-12H2,1-3H3,(H,26,34). The van der Waals surface area contributed by atoms with Crippen LogP contribution in [0, 0.1) is 6.92 Å². The molecule has 4 aromatic rings. The second-order valence-corrected chi connectivity index (χ2v) is 8.38. The summed E-state index contributed by atoms with van der Waals surface area (Å²) in [5.74, 6) is 0.268. The van der Waals surface area contributed by atoms with E-state index in [0.717, 1.165) is 16.7 Å². The fraction of sp³-hybridized carbons (Fsp3) is 0.200. The van der Waals surface area contributed by atoms with E-state index >= 15 is 0 Å². The van der Waals surface area contributed by atoms with Crippen molar-refractivity contribution in [1.29, 1.82) is 0 Å². The van der Waals surface area contributed by atoms with E-state index in [0.29, 0.717) is 35.8 Å². The summed E-state index contributed by atoms with van der Waals surface area (Å²) in [5.41, 5.74) is 4.11. The molecule has 36 heavy (non-hydrogen) atoms. The van der Waals surface area contributed by atoms with E-state index in [-0.39, 0.29) is 17.6 Å². The molecule has 0 unspecified atom stereocenters. The number of aryl methyl sites for hydroxylation is 1. The van der Waals surface area contributed by atoms with E-state index in [1.165, 1.54) is 15.6 Å². The Kier molecular flexibility index (Phi) is 5.80. The Balaban J connectivity index is 1.42. The number of carbonyl (C=O) groups excluding carboxylic acids is 2. The van der Waals surface area contributed by atoms with Crippen molar-refractivity contribution in [3.63, 3.8) is 0 Å². The molecule has 0 spiro atoms. The lowest BCUT2D eigenvalue weighted by Crippen LogP contribution is -2.33. The van der Waals surface area contributed by atoms with Gasteiger partial charge < -0.3 is 5.32 Å². The summed E-state index contributed by atoms with van der Waals surface area (Å²) in [5, 5.41) is 15.0. The van der Waals surface area contributed by atoms with Gasteiger partial charge in [-0.1, -0.05) is 18.2 Å². The van der Waals surface area contributed by atoms with Gasteiger partial charge in [-0.25, -0.2) is 18.8 Å². The number of hydrogen-bond donors (Lipinski definition) is 1. The Morgan fingerprint density at radius 3 is 2.44 bits per heavy atom. The van der Waals surface area contributed by atoms with E-state index in [1.54, 1.807) is 54.4 Å². The van der Waals surface area contributed by atoms with Crippen LogP contribution < -0.4 is 20.8 Å². The largest absolute Gasteiger partial charge is 0.355 e. The molecular weight excluding hydrogens is 460 g/mol. The molecule has 0 aliphatic carbocycles. The van der Waals surface area contributed by atoms with Crippen LogP contribution in [0.1, 0.15) is 15.9 Å². The van der Waals surface area contributed by atoms with Crippen LogP contribution in [0.25, 0.3) is 16.8 Å². The van der Waals surface area contributed by atoms with Crippen LogP contribution in [0.15, 0.2) is 65.8 Å². The number of amides is 3. The van der Waals surface area contributed by atoms with Gasteiger partial charge in [0.05, 0.1) is 11.9 Å². The van der Waals surface area contributed by atoms with E-state index < -0.39 is 0 Å². The predicted octanol–water partition coefficient (Wildman–Crippen LogP) is 2.14. The SMILES string of the molecule is CNC(=O)c1cccc(N2CCN(c3nncc(-c4ccc(-n5cnn(C)c5=O)cc4)c3C)C2=O)c1. The van der Waals surface area contributed by atoms with Crippen LogP contribution in [-0.2, 0) is 7.05 Å². The van der Waals surface area contributed by atoms with Gasteiger partial charge in [0.25, 0.3) is 5.91 Å². The highest BCUT2D eigenvalue weighted by Gasteiger charge is 2.33. The van der Waals surface area contributed by atoms with E-state index in [4.69, 9.17) is 0 Å². The highest BCUT2D eigenvalue weighted by Crippen LogP contribution is 2.31. The van der Waals surface area contributed by atoms with Crippen molar-refractivity contribution in [3.8, 4) is 16.8 Å². The summed E-state index contributed by atoms with van der Waals surface area (Å²) in [6.45, 7) is 2.79. The van der Waals surface area contributed by atoms with Crippen molar-refractivity contribution in [2.45, 2.75) is 6.92 Å². The minimum Gasteiger partial charge on any atom is -0.355 e. The molecular formula is C25H24N8O3. The number of carbonyl (C=O) groups is 2. The Morgan fingerprint density at radius 1 is 1.00 bits per heavy atom. The van der Waals surface area contributed by atoms with Gasteiger partial charge in [0.2, 0.25) is 0 Å². The maximum Gasteiger partial charge on any atom is 0.350 e. The number of aromatic nitrogens is 5. The number of nitrogens with zero attached hydrogens (tertiary/aromatic N) is 7. The van der Waals surface area contributed by atoms with E-state index in [9.17, 15) is 14.4 Å². The normalized spacial score (nSPS) is 13.4. The lowest BCUT2D eigenvalue weighted by Gasteiger charge is -2.20. The zero-order valence-electron chi connectivity index (χ0n) is 20.0. The van der Waals surface area contributed by atoms with Crippen molar-refractivity contribution in [1.82, 2.24) is 29.9 Å². The minimum absolute atomic E-state index is 0.214. The maximum absolute atomic E-state index is 13.3. The predicted molar refractivity (Wildman–Crippen MR) is 134 cm³/mol. The molecule has 1 aliphatic rings. The Bertz CT molecular complexity index is 1520. The van der Waals surface area contributed by atoms with Gasteiger partial charge in [0.1, 0.15) is 6.33 Å². The molecule has 0 bridgehead atoms. The average Bonchev–Trinajstić information content (AvgIpc) is 3.45. The number of hydrogen-bond acceptors (Lipinski definition) is 6. The van der Waals surface area contributed by atoms with Gasteiger partial charge in [0.15, 0.2) is 5.82 Å². The first-order valence-electron chi connectivity index (χ1n) is 11.3. The first-order valence-corrected chi connectivity index (χ1v) is 11.3. The van der Waals surface area contributed by atoms with Crippen molar-refractivity contribution in [2.24, 2.45) is 7.05 Å². The number of urea groups is 1. The van der Waals surface area contributed by atoms with E-state index in [1.807, 2.05) is 31.2 Å². The molecule has 11 nitrogen and oxygen atoms in total. The molecule has 1 aliphatic heterocycles. The first-order chi connectivity index (χ1) is 17.4. The molecule has 182 valence electrons. The quantitative estimate of drug-likeness (QED) is 0.464. The second-order valence-electron chi connectivity index (χ2n) is 8.38. The number of nitrogens with one attached hydrogen (secondary N) is 1. The van der Waals surface area contributed by atoms with Gasteiger partial charge in [-0.2, -0.15) is 10.2 Å². The molecule has 0 radical (unpaired) electrons. The van der Waals surface area contributed by atoms with Gasteiger partial charge >= 0.3 is 11.7 Å². The number of benzene rings is 2. The third-order valence-corrected chi connectivity index (χ3v) is 6.27. The van der Waals surface area contributed by atoms with Crippen LogP contribution >= 0.6 is 0 Å². The number of anilines is 2. The van der Waals surface area contributed by atoms with Crippen LogP contribution in [0.3, 0.4) is 0 Å². The van der Waals surface area contributed by atoms with Crippen LogP contribution in [-0.4, -0.2) is 56.6 Å². The summed E-state index contributed by atoms with van der Waals surface area (Å²) in [7, 11) is 3.17. The molecule has 1 saturated heterocycles. The average molecular weight is 485 g/mol. The van der Waals surface area contributed by atoms with Crippen molar-refractivity contribution in [2.75, 3.05) is 29.9 Å². The molecule has 11 heteroatoms. The Hall–Kier alpha value is -4.80. The van der Waals surface area contributed by atoms with Crippen LogP contribution in [0.2, 0.25) is 0 Å². The zero-order chi connectivity index (χ0) is 25.4. The summed E-state index contributed by atoms with van der Waals surface area (Å²) in [6, 6.07) is 14.2. The molecule has 1 fully saturated rings. The summed E-state index contributed by atoms with van der Waals surface area (Å²) < 4.78 is 2.73. The smallest absolute Gasteiger partial charge is 0.350 e. The van der Waals surface area contributed by atoms with Gasteiger partial charge in [0, 0.05) is 49.6 Å². The molecule has 2 aromatic carbocycles. The molecule has 5 rings (SSSR count). The fourth-order valence-electron chi connectivity index (χ4n) is 4.28. The first kappa shape index (κ1) is 23.0. The van der Waals surface area contributed by atoms with Crippen molar-refractivity contribution < 1.29 is 9.59 Å². The second kappa shape index (κ2) is 9.10. The van der Waals surface area contributed by atoms with Crippen LogP contribution in [0.4, 0.5) is 16.3 Å². The lowest BCUT2D eigenvalue weighted by atomic mass is 10.0. The lowest BCUT2D eigenvalue weighted by molar-refractivity contribution is 0.0963. The molecule has 2 aromatic heterocycles. The van der Waals surface area contributed by atoms with Gasteiger partial charge in [-0.05, 0) is 42.8 Å². The molecule has 0 atom stereocenters. The van der Waals surface area contributed by atoms with Gasteiger partial charge in [-0.15, -0.1) is 5.10 Å². The summed E-state index contributed by atoms with van der Waals surface area (Å²) >= 11 is 0. The van der Waals surface area contributed by atoms with Crippen LogP contribution in [0.5, 0.6) is 0 Å². The van der Waals surface area contributed by atoms with Crippen molar-refractivity contribution >= 4 is 23.4 Å². The highest BCUT2D eigenvalue weighted by atomic mass is 16.2. The van der Waals surface area contributed by atoms with Crippen molar-refractivity contribution in [3.05, 3.63) is 82.7 Å². The zero-order valence-corrected chi connectivity index (χ0v) is 20.0. The third-order valence-electron chi connectivity index (χ3n) is 6.27. The topological polar surface area (TPSA) is 118 Å². The summed E-state index contributed by atoms with van der Waals surface area (Å²) in [6.07, 6.45) is 3.14. The van der Waals surface area contributed by atoms with Gasteiger partial charge in [-0.3, -0.25) is 14.6 Å². The molecule has 1 N–H and O–H groups in total. The van der Waals surface area contributed by atoms with E-state index in [2.05, 4.69) is 20.6 Å². The maximum atomic E-state index is 13.3.